The van der Waals surface area contributed by atoms with Crippen LogP contribution in [0, 0.1) is 0 Å². The molecule has 0 unspecified atom stereocenters. The molecule has 1 aromatic carbocycles. The van der Waals surface area contributed by atoms with E-state index in [0.29, 0.717) is 21.3 Å². The minimum Gasteiger partial charge on any atom is -0.483 e. The number of ether oxygens (including phenoxy) is 1. The van der Waals surface area contributed by atoms with Gasteiger partial charge in [-0.1, -0.05) is 0 Å². The molecule has 0 aliphatic heterocycles. The van der Waals surface area contributed by atoms with Crippen molar-refractivity contribution < 1.29 is 4.74 Å². The quantitative estimate of drug-likeness (QED) is 0.678. The maximum absolute atomic E-state index is 11.4. The fourth-order valence-corrected chi connectivity index (χ4v) is 1.56. The monoisotopic (exact) mass is 302 g/mol. The van der Waals surface area contributed by atoms with Crippen LogP contribution in [0.4, 0.5) is 0 Å². The normalized spacial score (nSPS) is 10.4. The molecular formula is C9H7IN2O2. The molecule has 72 valence electrons. The lowest BCUT2D eigenvalue weighted by Crippen LogP contribution is -2.06. The zero-order chi connectivity index (χ0) is 9.97. The third-order valence-corrected chi connectivity index (χ3v) is 2.14. The molecule has 2 aromatic rings. The van der Waals surface area contributed by atoms with Gasteiger partial charge >= 0.3 is 0 Å². The standard InChI is InChI=1S/C9H7IN2O2/c10-4-14-6-1-2-8-7(3-6)9(13)12-5-11-8/h1-3,5H,4H2,(H,11,12,13). The second-order valence-corrected chi connectivity index (χ2v) is 3.29. The van der Waals surface area contributed by atoms with Gasteiger partial charge in [-0.05, 0) is 40.8 Å². The number of hydrogen-bond donors (Lipinski definition) is 1. The topological polar surface area (TPSA) is 55.0 Å². The predicted octanol–water partition coefficient (Wildman–Crippen LogP) is 1.69. The molecule has 0 saturated carbocycles. The van der Waals surface area contributed by atoms with Gasteiger partial charge in [-0.25, -0.2) is 4.98 Å². The number of nitrogens with zero attached hydrogens (tertiary/aromatic N) is 1. The van der Waals surface area contributed by atoms with Crippen molar-refractivity contribution in [3.8, 4) is 5.75 Å². The number of hydrogen-bond acceptors (Lipinski definition) is 3. The Morgan fingerprint density at radius 3 is 3.14 bits per heavy atom. The lowest BCUT2D eigenvalue weighted by Gasteiger charge is -2.02. The lowest BCUT2D eigenvalue weighted by molar-refractivity contribution is 0.405. The highest BCUT2D eigenvalue weighted by Gasteiger charge is 2.00. The van der Waals surface area contributed by atoms with Gasteiger partial charge in [0.1, 0.15) is 10.4 Å². The number of rotatable bonds is 2. The highest BCUT2D eigenvalue weighted by molar-refractivity contribution is 14.1. The molecule has 0 atom stereocenters. The van der Waals surface area contributed by atoms with Gasteiger partial charge in [-0.3, -0.25) is 4.79 Å². The van der Waals surface area contributed by atoms with Crippen molar-refractivity contribution in [2.24, 2.45) is 0 Å². The fraction of sp³-hybridized carbons (Fsp3) is 0.111. The van der Waals surface area contributed by atoms with E-state index < -0.39 is 0 Å². The van der Waals surface area contributed by atoms with Crippen LogP contribution in [-0.2, 0) is 0 Å². The molecule has 0 saturated heterocycles. The van der Waals surface area contributed by atoms with Crippen LogP contribution in [0.5, 0.6) is 5.75 Å². The third kappa shape index (κ3) is 1.72. The van der Waals surface area contributed by atoms with Crippen LogP contribution in [0.25, 0.3) is 10.9 Å². The van der Waals surface area contributed by atoms with Gasteiger partial charge < -0.3 is 9.72 Å². The number of fused-ring (bicyclic) bond motifs is 1. The van der Waals surface area contributed by atoms with Crippen LogP contribution >= 0.6 is 22.6 Å². The first kappa shape index (κ1) is 9.45. The van der Waals surface area contributed by atoms with Crippen molar-refractivity contribution in [2.75, 3.05) is 4.61 Å². The summed E-state index contributed by atoms with van der Waals surface area (Å²) in [6, 6.07) is 5.26. The highest BCUT2D eigenvalue weighted by atomic mass is 127. The molecule has 0 amide bonds. The van der Waals surface area contributed by atoms with E-state index in [9.17, 15) is 4.79 Å². The Labute approximate surface area is 93.5 Å². The summed E-state index contributed by atoms with van der Waals surface area (Å²) >= 11 is 2.10. The minimum atomic E-state index is -0.145. The first-order chi connectivity index (χ1) is 6.81. The Balaban J connectivity index is 2.64. The van der Waals surface area contributed by atoms with E-state index in [0.717, 1.165) is 0 Å². The summed E-state index contributed by atoms with van der Waals surface area (Å²) in [5.41, 5.74) is 0.531. The van der Waals surface area contributed by atoms with Crippen LogP contribution in [-0.4, -0.2) is 14.6 Å². The van der Waals surface area contributed by atoms with E-state index in [1.54, 1.807) is 18.2 Å². The highest BCUT2D eigenvalue weighted by Crippen LogP contribution is 2.16. The summed E-state index contributed by atoms with van der Waals surface area (Å²) in [6.07, 6.45) is 1.39. The van der Waals surface area contributed by atoms with Gasteiger partial charge in [0.05, 0.1) is 17.2 Å². The summed E-state index contributed by atoms with van der Waals surface area (Å²) in [4.78, 5) is 17.9. The molecule has 1 N–H and O–H groups in total. The molecule has 0 radical (unpaired) electrons. The number of alkyl halides is 1. The fourth-order valence-electron chi connectivity index (χ4n) is 1.20. The molecule has 0 aliphatic rings. The predicted molar refractivity (Wildman–Crippen MR) is 61.9 cm³/mol. The zero-order valence-corrected chi connectivity index (χ0v) is 9.32. The van der Waals surface area contributed by atoms with Crippen LogP contribution < -0.4 is 10.3 Å². The second kappa shape index (κ2) is 3.95. The summed E-state index contributed by atoms with van der Waals surface area (Å²) in [5, 5.41) is 0.551. The van der Waals surface area contributed by atoms with E-state index in [2.05, 4.69) is 32.6 Å². The zero-order valence-electron chi connectivity index (χ0n) is 7.16. The number of benzene rings is 1. The third-order valence-electron chi connectivity index (χ3n) is 1.83. The van der Waals surface area contributed by atoms with Crippen molar-refractivity contribution >= 4 is 33.5 Å². The van der Waals surface area contributed by atoms with E-state index >= 15 is 0 Å². The molecular weight excluding hydrogens is 295 g/mol. The van der Waals surface area contributed by atoms with Gasteiger partial charge in [0.25, 0.3) is 5.56 Å². The Morgan fingerprint density at radius 1 is 1.50 bits per heavy atom. The van der Waals surface area contributed by atoms with Crippen LogP contribution in [0.3, 0.4) is 0 Å². The molecule has 0 spiro atoms. The average Bonchev–Trinajstić information content (AvgIpc) is 2.20. The van der Waals surface area contributed by atoms with Crippen molar-refractivity contribution in [1.29, 1.82) is 0 Å². The number of aromatic nitrogens is 2. The number of H-pyrrole nitrogens is 1. The van der Waals surface area contributed by atoms with Gasteiger partial charge in [0, 0.05) is 0 Å². The molecule has 4 nitrogen and oxygen atoms in total. The van der Waals surface area contributed by atoms with Gasteiger partial charge in [0.2, 0.25) is 0 Å². The maximum atomic E-state index is 11.4. The largest absolute Gasteiger partial charge is 0.483 e. The summed E-state index contributed by atoms with van der Waals surface area (Å²) in [6.45, 7) is 0. The molecule has 1 aromatic heterocycles. The molecule has 0 bridgehead atoms. The molecule has 0 fully saturated rings. The van der Waals surface area contributed by atoms with Gasteiger partial charge in [0.15, 0.2) is 0 Å². The number of aromatic amines is 1. The average molecular weight is 302 g/mol. The van der Waals surface area contributed by atoms with E-state index in [1.165, 1.54) is 6.33 Å². The Kier molecular flexibility index (Phi) is 2.67. The van der Waals surface area contributed by atoms with Crippen LogP contribution in [0.15, 0.2) is 29.3 Å². The van der Waals surface area contributed by atoms with E-state index in [1.807, 2.05) is 0 Å². The second-order valence-electron chi connectivity index (χ2n) is 2.66. The number of halogens is 1. The van der Waals surface area contributed by atoms with Gasteiger partial charge in [-0.15, -0.1) is 0 Å². The minimum absolute atomic E-state index is 0.145. The number of nitrogens with one attached hydrogen (secondary N) is 1. The van der Waals surface area contributed by atoms with E-state index in [4.69, 9.17) is 4.74 Å². The molecule has 5 heteroatoms. The van der Waals surface area contributed by atoms with Gasteiger partial charge in [-0.2, -0.15) is 0 Å². The summed E-state index contributed by atoms with van der Waals surface area (Å²) in [5.74, 6) is 0.686. The maximum Gasteiger partial charge on any atom is 0.258 e. The summed E-state index contributed by atoms with van der Waals surface area (Å²) < 4.78 is 5.83. The first-order valence-electron chi connectivity index (χ1n) is 3.97. The smallest absolute Gasteiger partial charge is 0.258 e. The Hall–Kier alpha value is -1.11. The summed E-state index contributed by atoms with van der Waals surface area (Å²) in [7, 11) is 0. The lowest BCUT2D eigenvalue weighted by atomic mass is 10.2. The molecule has 2 rings (SSSR count). The molecule has 0 aliphatic carbocycles. The Morgan fingerprint density at radius 2 is 2.36 bits per heavy atom. The van der Waals surface area contributed by atoms with Crippen molar-refractivity contribution in [3.63, 3.8) is 0 Å². The van der Waals surface area contributed by atoms with Crippen LogP contribution in [0.2, 0.25) is 0 Å². The molecule has 14 heavy (non-hydrogen) atoms. The van der Waals surface area contributed by atoms with Crippen LogP contribution in [0.1, 0.15) is 0 Å². The van der Waals surface area contributed by atoms with Crippen molar-refractivity contribution in [2.45, 2.75) is 0 Å². The molecule has 1 heterocycles. The van der Waals surface area contributed by atoms with Crippen molar-refractivity contribution in [3.05, 3.63) is 34.9 Å². The SMILES string of the molecule is O=c1[nH]cnc2ccc(OCI)cc12. The Bertz CT molecular complexity index is 509. The van der Waals surface area contributed by atoms with Crippen molar-refractivity contribution in [1.82, 2.24) is 9.97 Å². The van der Waals surface area contributed by atoms with E-state index in [-0.39, 0.29) is 5.56 Å². The first-order valence-corrected chi connectivity index (χ1v) is 5.50.